The van der Waals surface area contributed by atoms with Gasteiger partial charge in [0.2, 0.25) is 0 Å². The van der Waals surface area contributed by atoms with Crippen LogP contribution in [0.2, 0.25) is 0 Å². The third-order valence-corrected chi connectivity index (χ3v) is 9.22. The lowest BCUT2D eigenvalue weighted by atomic mass is 10.1. The topological polar surface area (TPSA) is 98.1 Å². The third kappa shape index (κ3) is 5.65. The molecular weight excluding hydrogens is 610 g/mol. The van der Waals surface area contributed by atoms with Crippen LogP contribution in [0.15, 0.2) is 70.2 Å². The van der Waals surface area contributed by atoms with Crippen LogP contribution in [0.25, 0.3) is 21.7 Å². The van der Waals surface area contributed by atoms with Gasteiger partial charge in [-0.05, 0) is 57.5 Å². The number of methoxy groups -OCH3 is 1. The number of rotatable bonds is 4. The molecule has 1 aromatic heterocycles. The zero-order chi connectivity index (χ0) is 29.5. The van der Waals surface area contributed by atoms with Crippen LogP contribution in [0, 0.1) is 0 Å². The molecule has 3 aromatic carbocycles. The first-order valence-electron chi connectivity index (χ1n) is 13.3. The van der Waals surface area contributed by atoms with Gasteiger partial charge in [-0.2, -0.15) is 0 Å². The van der Waals surface area contributed by atoms with Crippen molar-refractivity contribution in [3.8, 4) is 5.75 Å². The third-order valence-electron chi connectivity index (χ3n) is 7.00. The van der Waals surface area contributed by atoms with Crippen LogP contribution in [-0.2, 0) is 14.8 Å². The summed E-state index contributed by atoms with van der Waals surface area (Å²) in [5, 5.41) is 1.71. The van der Waals surface area contributed by atoms with Gasteiger partial charge in [-0.25, -0.2) is 17.2 Å². The molecule has 1 fully saturated rings. The van der Waals surface area contributed by atoms with Gasteiger partial charge >= 0.3 is 6.09 Å². The van der Waals surface area contributed by atoms with Gasteiger partial charge in [0.25, 0.3) is 15.9 Å². The molecule has 9 nitrogen and oxygen atoms in total. The van der Waals surface area contributed by atoms with Crippen molar-refractivity contribution >= 4 is 59.6 Å². The van der Waals surface area contributed by atoms with Crippen LogP contribution in [0.4, 0.5) is 4.79 Å². The molecule has 1 saturated heterocycles. The van der Waals surface area contributed by atoms with Gasteiger partial charge in [0.05, 0.1) is 23.1 Å². The maximum Gasteiger partial charge on any atom is 0.410 e. The lowest BCUT2D eigenvalue weighted by Crippen LogP contribution is -2.40. The van der Waals surface area contributed by atoms with E-state index in [1.54, 1.807) is 53.3 Å². The molecule has 4 aromatic rings. The Labute approximate surface area is 247 Å². The Balaban J connectivity index is 1.53. The van der Waals surface area contributed by atoms with Crippen LogP contribution in [0.1, 0.15) is 37.6 Å². The van der Waals surface area contributed by atoms with Gasteiger partial charge in [-0.15, -0.1) is 0 Å². The van der Waals surface area contributed by atoms with E-state index in [0.29, 0.717) is 60.0 Å². The van der Waals surface area contributed by atoms with Crippen LogP contribution in [0.5, 0.6) is 5.75 Å². The minimum Gasteiger partial charge on any atom is -0.496 e. The van der Waals surface area contributed by atoms with E-state index in [1.165, 1.54) is 16.2 Å². The van der Waals surface area contributed by atoms with E-state index in [2.05, 4.69) is 15.9 Å². The van der Waals surface area contributed by atoms with Gasteiger partial charge in [-0.1, -0.05) is 40.2 Å². The van der Waals surface area contributed by atoms with Crippen LogP contribution < -0.4 is 4.74 Å². The summed E-state index contributed by atoms with van der Waals surface area (Å²) in [6, 6.07) is 15.5. The Morgan fingerprint density at radius 1 is 0.878 bits per heavy atom. The van der Waals surface area contributed by atoms with E-state index >= 15 is 0 Å². The summed E-state index contributed by atoms with van der Waals surface area (Å²) in [6.45, 7) is 6.95. The average Bonchev–Trinajstić information content (AvgIpc) is 3.12. The quantitative estimate of drug-likeness (QED) is 0.276. The monoisotopic (exact) mass is 641 g/mol. The van der Waals surface area contributed by atoms with Crippen molar-refractivity contribution in [3.63, 3.8) is 0 Å². The first-order chi connectivity index (χ1) is 19.4. The number of halogens is 1. The molecule has 216 valence electrons. The number of nitrogens with zero attached hydrogens (tertiary/aromatic N) is 3. The zero-order valence-electron chi connectivity index (χ0n) is 23.4. The minimum absolute atomic E-state index is 0.107. The summed E-state index contributed by atoms with van der Waals surface area (Å²) in [7, 11) is -2.57. The molecule has 0 spiro atoms. The van der Waals surface area contributed by atoms with Crippen molar-refractivity contribution in [2.75, 3.05) is 33.3 Å². The lowest BCUT2D eigenvalue weighted by molar-refractivity contribution is 0.0255. The van der Waals surface area contributed by atoms with Gasteiger partial charge in [0.15, 0.2) is 0 Å². The molecule has 41 heavy (non-hydrogen) atoms. The maximum absolute atomic E-state index is 14.2. The SMILES string of the molecule is COc1ccc(S(=O)(=O)n2cc(C(=O)N3CCCN(C(=O)OC(C)(C)C)CC3)c3cc(Br)ccc32)c2ccccc12. The summed E-state index contributed by atoms with van der Waals surface area (Å²) >= 11 is 3.47. The molecule has 0 N–H and O–H groups in total. The number of carbonyl (C=O) groups is 2. The molecule has 0 saturated carbocycles. The lowest BCUT2D eigenvalue weighted by Gasteiger charge is -2.26. The van der Waals surface area contributed by atoms with Crippen LogP contribution in [-0.4, -0.2) is 73.1 Å². The summed E-state index contributed by atoms with van der Waals surface area (Å²) < 4.78 is 41.2. The number of hydrogen-bond donors (Lipinski definition) is 0. The highest BCUT2D eigenvalue weighted by Gasteiger charge is 2.30. The van der Waals surface area contributed by atoms with Gasteiger partial charge in [-0.3, -0.25) is 4.79 Å². The Morgan fingerprint density at radius 2 is 1.56 bits per heavy atom. The zero-order valence-corrected chi connectivity index (χ0v) is 25.8. The number of benzene rings is 3. The Kier molecular flexibility index (Phi) is 7.78. The summed E-state index contributed by atoms with van der Waals surface area (Å²) in [4.78, 5) is 29.9. The minimum atomic E-state index is -4.11. The second-order valence-corrected chi connectivity index (χ2v) is 13.6. The molecule has 2 amide bonds. The molecule has 0 atom stereocenters. The molecule has 11 heteroatoms. The highest BCUT2D eigenvalue weighted by molar-refractivity contribution is 9.10. The van der Waals surface area contributed by atoms with Crippen LogP contribution >= 0.6 is 15.9 Å². The normalized spacial score (nSPS) is 14.8. The van der Waals surface area contributed by atoms with Gasteiger partial charge < -0.3 is 19.3 Å². The summed E-state index contributed by atoms with van der Waals surface area (Å²) in [5.74, 6) is 0.269. The molecule has 5 rings (SSSR count). The highest BCUT2D eigenvalue weighted by Crippen LogP contribution is 2.35. The van der Waals surface area contributed by atoms with E-state index in [1.807, 2.05) is 32.9 Å². The maximum atomic E-state index is 14.2. The first kappa shape index (κ1) is 28.9. The molecule has 0 bridgehead atoms. The molecule has 1 aliphatic heterocycles. The average molecular weight is 643 g/mol. The van der Waals surface area contributed by atoms with Crippen LogP contribution in [0.3, 0.4) is 0 Å². The van der Waals surface area contributed by atoms with Crippen molar-refractivity contribution in [1.29, 1.82) is 0 Å². The van der Waals surface area contributed by atoms with E-state index < -0.39 is 21.7 Å². The number of fused-ring (bicyclic) bond motifs is 2. The Morgan fingerprint density at radius 3 is 2.27 bits per heavy atom. The van der Waals surface area contributed by atoms with Gasteiger partial charge in [0, 0.05) is 53.0 Å². The summed E-state index contributed by atoms with van der Waals surface area (Å²) in [5.41, 5.74) is 0.0458. The highest BCUT2D eigenvalue weighted by atomic mass is 79.9. The molecule has 0 radical (unpaired) electrons. The van der Waals surface area contributed by atoms with E-state index in [0.717, 1.165) is 4.47 Å². The fourth-order valence-electron chi connectivity index (χ4n) is 5.09. The summed E-state index contributed by atoms with van der Waals surface area (Å²) in [6.07, 6.45) is 1.57. The second-order valence-electron chi connectivity index (χ2n) is 10.9. The van der Waals surface area contributed by atoms with Crippen molar-refractivity contribution in [1.82, 2.24) is 13.8 Å². The molecule has 1 aliphatic rings. The Bertz CT molecular complexity index is 1760. The van der Waals surface area contributed by atoms with Crippen molar-refractivity contribution in [2.24, 2.45) is 0 Å². The number of aromatic nitrogens is 1. The number of amides is 2. The number of ether oxygens (including phenoxy) is 2. The van der Waals surface area contributed by atoms with E-state index in [4.69, 9.17) is 9.47 Å². The number of hydrogen-bond acceptors (Lipinski definition) is 6. The van der Waals surface area contributed by atoms with Crippen molar-refractivity contribution in [2.45, 2.75) is 37.7 Å². The van der Waals surface area contributed by atoms with Gasteiger partial charge in [0.1, 0.15) is 11.4 Å². The predicted octanol–water partition coefficient (Wildman–Crippen LogP) is 5.89. The Hall–Kier alpha value is -3.57. The molecule has 2 heterocycles. The number of carbonyl (C=O) groups excluding carboxylic acids is 2. The predicted molar refractivity (Wildman–Crippen MR) is 161 cm³/mol. The standard InChI is InChI=1S/C30H32BrN3O6S/c1-30(2,3)40-29(36)33-15-7-14-32(16-17-33)28(35)24-19-34(25-11-10-20(31)18-23(24)25)41(37,38)27-13-12-26(39-4)21-8-5-6-9-22(21)27/h5-6,8-13,18-19H,7,14-17H2,1-4H3. The molecule has 0 unspecified atom stereocenters. The van der Waals surface area contributed by atoms with E-state index in [9.17, 15) is 18.0 Å². The second kappa shape index (κ2) is 11.0. The first-order valence-corrected chi connectivity index (χ1v) is 15.5. The molecule has 0 aliphatic carbocycles. The fourth-order valence-corrected chi connectivity index (χ4v) is 7.03. The molecular formula is C30H32BrN3O6S. The largest absolute Gasteiger partial charge is 0.496 e. The van der Waals surface area contributed by atoms with Crippen molar-refractivity contribution < 1.29 is 27.5 Å². The van der Waals surface area contributed by atoms with E-state index in [-0.39, 0.29) is 16.4 Å². The fraction of sp³-hybridized carbons (Fsp3) is 0.333. The van der Waals surface area contributed by atoms with Crippen molar-refractivity contribution in [3.05, 3.63) is 70.8 Å². The smallest absolute Gasteiger partial charge is 0.410 e.